The third-order valence-electron chi connectivity index (χ3n) is 4.69. The molecule has 28 heavy (non-hydrogen) atoms. The summed E-state index contributed by atoms with van der Waals surface area (Å²) in [5.41, 5.74) is 2.40. The van der Waals surface area contributed by atoms with Gasteiger partial charge < -0.3 is 9.88 Å². The van der Waals surface area contributed by atoms with Crippen molar-refractivity contribution in [1.82, 2.24) is 4.57 Å². The van der Waals surface area contributed by atoms with E-state index in [0.29, 0.717) is 22.3 Å². The standard InChI is InChI=1S/C23H17BrN2O2/c1-26-19-13-6-5-12-18(19)21(27)20(15-8-3-2-4-9-15)22(26)25-23(28)16-10-7-11-17(24)14-16/h2-14H,1H3,(H,25,28). The molecule has 4 rings (SSSR count). The molecule has 4 nitrogen and oxygen atoms in total. The van der Waals surface area contributed by atoms with E-state index in [1.165, 1.54) is 0 Å². The van der Waals surface area contributed by atoms with E-state index in [4.69, 9.17) is 0 Å². The van der Waals surface area contributed by atoms with Crippen LogP contribution in [0, 0.1) is 0 Å². The zero-order valence-corrected chi connectivity index (χ0v) is 16.7. The Balaban J connectivity index is 1.95. The maximum absolute atomic E-state index is 13.3. The molecule has 0 unspecified atom stereocenters. The lowest BCUT2D eigenvalue weighted by Gasteiger charge is -2.18. The minimum absolute atomic E-state index is 0.107. The monoisotopic (exact) mass is 432 g/mol. The number of hydrogen-bond acceptors (Lipinski definition) is 2. The number of carbonyl (C=O) groups excluding carboxylic acids is 1. The van der Waals surface area contributed by atoms with Crippen molar-refractivity contribution in [1.29, 1.82) is 0 Å². The maximum Gasteiger partial charge on any atom is 0.256 e. The topological polar surface area (TPSA) is 51.1 Å². The molecule has 0 radical (unpaired) electrons. The summed E-state index contributed by atoms with van der Waals surface area (Å²) in [5.74, 6) is 0.198. The lowest BCUT2D eigenvalue weighted by molar-refractivity contribution is 0.102. The quantitative estimate of drug-likeness (QED) is 0.482. The Morgan fingerprint density at radius 2 is 1.64 bits per heavy atom. The van der Waals surface area contributed by atoms with Crippen LogP contribution in [0.3, 0.4) is 0 Å². The predicted octanol–water partition coefficient (Wildman–Crippen LogP) is 5.22. The lowest BCUT2D eigenvalue weighted by atomic mass is 10.0. The Morgan fingerprint density at radius 3 is 2.39 bits per heavy atom. The summed E-state index contributed by atoms with van der Waals surface area (Å²) >= 11 is 3.39. The summed E-state index contributed by atoms with van der Waals surface area (Å²) in [6.07, 6.45) is 0. The predicted molar refractivity (Wildman–Crippen MR) is 117 cm³/mol. The Kier molecular flexibility index (Phi) is 4.84. The number of halogens is 1. The largest absolute Gasteiger partial charge is 0.330 e. The van der Waals surface area contributed by atoms with Crippen molar-refractivity contribution in [2.75, 3.05) is 5.32 Å². The second-order valence-electron chi connectivity index (χ2n) is 6.46. The number of nitrogens with one attached hydrogen (secondary N) is 1. The first-order chi connectivity index (χ1) is 13.6. The molecule has 1 aromatic heterocycles. The molecule has 0 saturated carbocycles. The van der Waals surface area contributed by atoms with Crippen molar-refractivity contribution in [2.45, 2.75) is 0 Å². The first-order valence-electron chi connectivity index (χ1n) is 8.80. The van der Waals surface area contributed by atoms with Gasteiger partial charge in [-0.05, 0) is 35.9 Å². The molecule has 1 N–H and O–H groups in total. The van der Waals surface area contributed by atoms with E-state index in [1.54, 1.807) is 18.2 Å². The molecule has 1 heterocycles. The second-order valence-corrected chi connectivity index (χ2v) is 7.38. The van der Waals surface area contributed by atoms with Gasteiger partial charge in [0.25, 0.3) is 5.91 Å². The molecule has 0 bridgehead atoms. The molecule has 5 heteroatoms. The summed E-state index contributed by atoms with van der Waals surface area (Å²) in [5, 5.41) is 3.57. The number of aromatic nitrogens is 1. The molecule has 3 aromatic carbocycles. The maximum atomic E-state index is 13.3. The molecule has 0 fully saturated rings. The van der Waals surface area contributed by atoms with Crippen LogP contribution in [0.25, 0.3) is 22.0 Å². The van der Waals surface area contributed by atoms with Gasteiger partial charge in [0.15, 0.2) is 5.43 Å². The fourth-order valence-electron chi connectivity index (χ4n) is 3.32. The van der Waals surface area contributed by atoms with Crippen LogP contribution in [-0.4, -0.2) is 10.5 Å². The summed E-state index contributed by atoms with van der Waals surface area (Å²) < 4.78 is 2.67. The van der Waals surface area contributed by atoms with Gasteiger partial charge in [0.1, 0.15) is 5.82 Å². The fraction of sp³-hybridized carbons (Fsp3) is 0.0435. The van der Waals surface area contributed by atoms with Crippen LogP contribution in [0.1, 0.15) is 10.4 Å². The Morgan fingerprint density at radius 1 is 0.929 bits per heavy atom. The first kappa shape index (κ1) is 18.2. The number of carbonyl (C=O) groups is 1. The summed E-state index contributed by atoms with van der Waals surface area (Å²) in [6, 6.07) is 24.0. The van der Waals surface area contributed by atoms with Gasteiger partial charge >= 0.3 is 0 Å². The Bertz CT molecular complexity index is 1250. The highest BCUT2D eigenvalue weighted by molar-refractivity contribution is 9.10. The third kappa shape index (κ3) is 3.25. The zero-order valence-electron chi connectivity index (χ0n) is 15.1. The number of anilines is 1. The molecule has 138 valence electrons. The molecule has 1 amide bonds. The van der Waals surface area contributed by atoms with Crippen LogP contribution in [0.2, 0.25) is 0 Å². The van der Waals surface area contributed by atoms with Gasteiger partial charge in [-0.1, -0.05) is 64.5 Å². The Hall–Kier alpha value is -3.18. The number of aryl methyl sites for hydroxylation is 1. The molecule has 0 atom stereocenters. The van der Waals surface area contributed by atoms with Crippen LogP contribution in [0.5, 0.6) is 0 Å². The van der Waals surface area contributed by atoms with Gasteiger partial charge in [-0.2, -0.15) is 0 Å². The average Bonchev–Trinajstić information content (AvgIpc) is 2.72. The fourth-order valence-corrected chi connectivity index (χ4v) is 3.72. The number of nitrogens with zero attached hydrogens (tertiary/aromatic N) is 1. The van der Waals surface area contributed by atoms with E-state index < -0.39 is 0 Å². The molecule has 0 spiro atoms. The second kappa shape index (κ2) is 7.44. The summed E-state index contributed by atoms with van der Waals surface area (Å²) in [4.78, 5) is 26.2. The van der Waals surface area contributed by atoms with Crippen LogP contribution < -0.4 is 10.7 Å². The highest BCUT2D eigenvalue weighted by atomic mass is 79.9. The summed E-state index contributed by atoms with van der Waals surface area (Å²) in [7, 11) is 1.85. The van der Waals surface area contributed by atoms with Gasteiger partial charge in [0, 0.05) is 22.5 Å². The van der Waals surface area contributed by atoms with Crippen LogP contribution >= 0.6 is 15.9 Å². The van der Waals surface area contributed by atoms with Gasteiger partial charge in [-0.3, -0.25) is 9.59 Å². The number of para-hydroxylation sites is 1. The minimum Gasteiger partial charge on any atom is -0.330 e. The molecule has 0 aliphatic carbocycles. The van der Waals surface area contributed by atoms with Crippen LogP contribution in [0.4, 0.5) is 5.82 Å². The van der Waals surface area contributed by atoms with Crippen molar-refractivity contribution < 1.29 is 4.79 Å². The average molecular weight is 433 g/mol. The highest BCUT2D eigenvalue weighted by Gasteiger charge is 2.19. The minimum atomic E-state index is -0.274. The van der Waals surface area contributed by atoms with Crippen molar-refractivity contribution in [3.63, 3.8) is 0 Å². The molecular weight excluding hydrogens is 416 g/mol. The van der Waals surface area contributed by atoms with E-state index in [0.717, 1.165) is 15.6 Å². The van der Waals surface area contributed by atoms with E-state index >= 15 is 0 Å². The third-order valence-corrected chi connectivity index (χ3v) is 5.18. The van der Waals surface area contributed by atoms with Crippen molar-refractivity contribution >= 4 is 38.6 Å². The van der Waals surface area contributed by atoms with Crippen molar-refractivity contribution in [3.05, 3.63) is 99.1 Å². The van der Waals surface area contributed by atoms with Crippen LogP contribution in [0.15, 0.2) is 88.1 Å². The van der Waals surface area contributed by atoms with Gasteiger partial charge in [-0.15, -0.1) is 0 Å². The van der Waals surface area contributed by atoms with E-state index in [9.17, 15) is 9.59 Å². The summed E-state index contributed by atoms with van der Waals surface area (Å²) in [6.45, 7) is 0. The Labute approximate surface area is 170 Å². The molecule has 4 aromatic rings. The van der Waals surface area contributed by atoms with Gasteiger partial charge in [0.05, 0.1) is 11.1 Å². The molecule has 0 aliphatic heterocycles. The zero-order chi connectivity index (χ0) is 19.7. The first-order valence-corrected chi connectivity index (χ1v) is 9.59. The van der Waals surface area contributed by atoms with Crippen molar-refractivity contribution in [2.24, 2.45) is 7.05 Å². The van der Waals surface area contributed by atoms with Gasteiger partial charge in [0.2, 0.25) is 0 Å². The number of amides is 1. The smallest absolute Gasteiger partial charge is 0.256 e. The normalized spacial score (nSPS) is 10.8. The molecular formula is C23H17BrN2O2. The number of hydrogen-bond donors (Lipinski definition) is 1. The number of fused-ring (bicyclic) bond motifs is 1. The lowest BCUT2D eigenvalue weighted by Crippen LogP contribution is -2.21. The van der Waals surface area contributed by atoms with E-state index in [1.807, 2.05) is 72.3 Å². The number of rotatable bonds is 3. The van der Waals surface area contributed by atoms with E-state index in [-0.39, 0.29) is 11.3 Å². The molecule has 0 saturated heterocycles. The number of pyridine rings is 1. The van der Waals surface area contributed by atoms with Crippen LogP contribution in [-0.2, 0) is 7.05 Å². The SMILES string of the molecule is Cn1c(NC(=O)c2cccc(Br)c2)c(-c2ccccc2)c(=O)c2ccccc21. The van der Waals surface area contributed by atoms with Gasteiger partial charge in [-0.25, -0.2) is 0 Å². The highest BCUT2D eigenvalue weighted by Crippen LogP contribution is 2.28. The van der Waals surface area contributed by atoms with Crippen molar-refractivity contribution in [3.8, 4) is 11.1 Å². The number of benzene rings is 3. The molecule has 0 aliphatic rings. The van der Waals surface area contributed by atoms with E-state index in [2.05, 4.69) is 21.2 Å².